The third kappa shape index (κ3) is 6.76. The van der Waals surface area contributed by atoms with Crippen molar-refractivity contribution in [2.24, 2.45) is 11.8 Å². The molecule has 1 spiro atoms. The highest BCUT2D eigenvalue weighted by atomic mass is 79.9. The van der Waals surface area contributed by atoms with E-state index >= 15 is 0 Å². The van der Waals surface area contributed by atoms with Crippen molar-refractivity contribution in [1.82, 2.24) is 10.2 Å². The van der Waals surface area contributed by atoms with Crippen LogP contribution in [-0.2, 0) is 28.7 Å². The van der Waals surface area contributed by atoms with Crippen LogP contribution in [0.15, 0.2) is 79.9 Å². The van der Waals surface area contributed by atoms with Gasteiger partial charge < -0.3 is 29.7 Å². The minimum atomic E-state index is -1.31. The zero-order valence-corrected chi connectivity index (χ0v) is 28.3. The van der Waals surface area contributed by atoms with Crippen molar-refractivity contribution in [3.63, 3.8) is 0 Å². The first-order chi connectivity index (χ1) is 22.7. The van der Waals surface area contributed by atoms with E-state index in [1.807, 2.05) is 30.3 Å². The Morgan fingerprint density at radius 3 is 2.57 bits per heavy atom. The van der Waals surface area contributed by atoms with Crippen molar-refractivity contribution in [3.8, 4) is 0 Å². The number of benzene rings is 2. The maximum Gasteiger partial charge on any atom is 0.306 e. The summed E-state index contributed by atoms with van der Waals surface area (Å²) >= 11 is 10.2. The van der Waals surface area contributed by atoms with E-state index in [0.717, 1.165) is 5.56 Å². The number of aliphatic hydroxyl groups excluding tert-OH is 1. The van der Waals surface area contributed by atoms with Crippen molar-refractivity contribution in [3.05, 3.63) is 90.5 Å². The van der Waals surface area contributed by atoms with Gasteiger partial charge in [-0.2, -0.15) is 0 Å². The van der Waals surface area contributed by atoms with Crippen molar-refractivity contribution in [1.29, 1.82) is 0 Å². The Bertz CT molecular complexity index is 1510. The quantitative estimate of drug-likeness (QED) is 0.159. The molecule has 0 saturated carbocycles. The molecule has 0 aromatic heterocycles. The first-order valence-corrected chi connectivity index (χ1v) is 17.0. The monoisotopic (exact) mass is 727 g/mol. The molecule has 1 unspecified atom stereocenters. The number of alkyl halides is 1. The van der Waals surface area contributed by atoms with Gasteiger partial charge in [-0.15, -0.1) is 13.2 Å². The summed E-state index contributed by atoms with van der Waals surface area (Å²) in [5.41, 5.74) is -0.134. The minimum absolute atomic E-state index is 0.0943. The van der Waals surface area contributed by atoms with E-state index < -0.39 is 53.4 Å². The molecular weight excluding hydrogens is 690 g/mol. The smallest absolute Gasteiger partial charge is 0.306 e. The lowest BCUT2D eigenvalue weighted by atomic mass is 9.70. The first-order valence-electron chi connectivity index (χ1n) is 15.7. The van der Waals surface area contributed by atoms with Gasteiger partial charge in [0.05, 0.1) is 34.7 Å². The van der Waals surface area contributed by atoms with Gasteiger partial charge in [0.25, 0.3) is 5.91 Å². The van der Waals surface area contributed by atoms with E-state index in [-0.39, 0.29) is 49.9 Å². The molecule has 2 aromatic carbocycles. The predicted octanol–water partition coefficient (Wildman–Crippen LogP) is 4.36. The molecule has 7 atom stereocenters. The van der Waals surface area contributed by atoms with Gasteiger partial charge in [0.1, 0.15) is 18.2 Å². The number of carbonyl (C=O) groups is 4. The van der Waals surface area contributed by atoms with E-state index in [1.54, 1.807) is 36.4 Å². The second-order valence-electron chi connectivity index (χ2n) is 11.9. The normalized spacial score (nSPS) is 26.4. The first kappa shape index (κ1) is 34.8. The number of aliphatic hydroxyl groups is 1. The lowest BCUT2D eigenvalue weighted by molar-refractivity contribution is -0.145. The van der Waals surface area contributed by atoms with E-state index in [4.69, 9.17) is 21.1 Å². The highest BCUT2D eigenvalue weighted by Crippen LogP contribution is 2.60. The largest absolute Gasteiger partial charge is 0.463 e. The molecule has 47 heavy (non-hydrogen) atoms. The number of para-hydroxylation sites is 1. The topological polar surface area (TPSA) is 125 Å². The molecule has 3 heterocycles. The molecule has 0 aliphatic carbocycles. The minimum Gasteiger partial charge on any atom is -0.463 e. The fraction of sp³-hybridized carbons (Fsp3) is 0.429. The van der Waals surface area contributed by atoms with Gasteiger partial charge in [-0.3, -0.25) is 19.2 Å². The maximum absolute atomic E-state index is 14.6. The van der Waals surface area contributed by atoms with Gasteiger partial charge in [0, 0.05) is 30.9 Å². The standard InChI is InChI=1S/C35H39BrClN3O7/c1-3-5-16-27(42)46-21-25(22-12-7-6-8-13-22)38-32(43)28-29-33(44)40(18-11-19-41)31(35(29)20-23(36)30(28)47-35)34(45)39(17-4-2)26-15-10-9-14-24(26)37/h3-4,6-10,12-15,23,25,28-31,41H,1-2,5,11,16-21H2,(H,38,43)/t23?,25-,28+,29-,30+,31+,35-/m1/s1. The van der Waals surface area contributed by atoms with Gasteiger partial charge in [-0.1, -0.05) is 82.1 Å². The third-order valence-electron chi connectivity index (χ3n) is 9.09. The molecule has 250 valence electrons. The summed E-state index contributed by atoms with van der Waals surface area (Å²) in [6.45, 7) is 7.37. The Kier molecular flexibility index (Phi) is 11.2. The van der Waals surface area contributed by atoms with E-state index in [2.05, 4.69) is 34.4 Å². The molecule has 10 nitrogen and oxygen atoms in total. The van der Waals surface area contributed by atoms with E-state index in [1.165, 1.54) is 9.80 Å². The molecule has 2 bridgehead atoms. The second-order valence-corrected chi connectivity index (χ2v) is 13.5. The van der Waals surface area contributed by atoms with Gasteiger partial charge in [-0.25, -0.2) is 0 Å². The van der Waals surface area contributed by atoms with Gasteiger partial charge in [0.15, 0.2) is 0 Å². The Balaban J connectivity index is 1.48. The van der Waals surface area contributed by atoms with Crippen LogP contribution in [-0.4, -0.2) is 82.6 Å². The highest BCUT2D eigenvalue weighted by molar-refractivity contribution is 9.09. The number of anilines is 1. The average molecular weight is 729 g/mol. The Morgan fingerprint density at radius 2 is 1.89 bits per heavy atom. The maximum atomic E-state index is 14.6. The number of ether oxygens (including phenoxy) is 2. The van der Waals surface area contributed by atoms with Crippen LogP contribution in [0.5, 0.6) is 0 Å². The Labute approximate surface area is 287 Å². The number of halogens is 2. The molecule has 3 amide bonds. The number of nitrogens with zero attached hydrogens (tertiary/aromatic N) is 2. The number of nitrogens with one attached hydrogen (secondary N) is 1. The number of hydrogen-bond acceptors (Lipinski definition) is 7. The lowest BCUT2D eigenvalue weighted by Gasteiger charge is -2.37. The molecule has 12 heteroatoms. The third-order valence-corrected chi connectivity index (χ3v) is 10.3. The van der Waals surface area contributed by atoms with E-state index in [0.29, 0.717) is 23.6 Å². The van der Waals surface area contributed by atoms with Crippen LogP contribution in [0.3, 0.4) is 0 Å². The lowest BCUT2D eigenvalue weighted by Crippen LogP contribution is -2.57. The SMILES string of the molecule is C=CCCC(=O)OC[C@@H](NC(=O)[C@@H]1[C@H]2O[C@@]3(CC2Br)[C@H](C(=O)N(CC=C)c2ccccc2Cl)N(CCCO)C(=O)[C@@H]13)c1ccccc1. The summed E-state index contributed by atoms with van der Waals surface area (Å²) in [6, 6.07) is 14.3. The van der Waals surface area contributed by atoms with Crippen molar-refractivity contribution in [2.75, 3.05) is 31.2 Å². The number of allylic oxidation sites excluding steroid dienone is 1. The second kappa shape index (κ2) is 15.1. The summed E-state index contributed by atoms with van der Waals surface area (Å²) in [4.78, 5) is 58.2. The molecule has 3 saturated heterocycles. The van der Waals surface area contributed by atoms with Crippen LogP contribution in [0, 0.1) is 11.8 Å². The number of amides is 3. The van der Waals surface area contributed by atoms with Crippen LogP contribution in [0.25, 0.3) is 0 Å². The summed E-state index contributed by atoms with van der Waals surface area (Å²) in [6.07, 6.45) is 3.69. The van der Waals surface area contributed by atoms with Crippen LogP contribution >= 0.6 is 27.5 Å². The molecule has 3 fully saturated rings. The molecule has 2 aromatic rings. The van der Waals surface area contributed by atoms with Crippen molar-refractivity contribution >= 4 is 56.9 Å². The van der Waals surface area contributed by atoms with Crippen molar-refractivity contribution < 1.29 is 33.8 Å². The zero-order chi connectivity index (χ0) is 33.7. The number of carbonyl (C=O) groups excluding carboxylic acids is 4. The zero-order valence-electron chi connectivity index (χ0n) is 25.9. The predicted molar refractivity (Wildman–Crippen MR) is 181 cm³/mol. The number of likely N-dealkylation sites (tertiary alicyclic amines) is 1. The van der Waals surface area contributed by atoms with Gasteiger partial charge in [0.2, 0.25) is 11.8 Å². The van der Waals surface area contributed by atoms with Crippen molar-refractivity contribution in [2.45, 2.75) is 54.3 Å². The number of hydrogen-bond donors (Lipinski definition) is 2. The van der Waals surface area contributed by atoms with Crippen LogP contribution in [0.2, 0.25) is 5.02 Å². The molecule has 3 aliphatic rings. The average Bonchev–Trinajstić information content (AvgIpc) is 3.67. The summed E-state index contributed by atoms with van der Waals surface area (Å²) < 4.78 is 12.1. The van der Waals surface area contributed by atoms with E-state index in [9.17, 15) is 24.3 Å². The molecule has 3 aliphatic heterocycles. The Morgan fingerprint density at radius 1 is 1.17 bits per heavy atom. The molecule has 2 N–H and O–H groups in total. The fourth-order valence-electron chi connectivity index (χ4n) is 7.09. The van der Waals surface area contributed by atoms with Crippen LogP contribution in [0.4, 0.5) is 5.69 Å². The summed E-state index contributed by atoms with van der Waals surface area (Å²) in [5, 5.41) is 13.1. The van der Waals surface area contributed by atoms with Gasteiger partial charge >= 0.3 is 5.97 Å². The Hall–Kier alpha value is -3.51. The number of esters is 1. The van der Waals surface area contributed by atoms with Crippen LogP contribution < -0.4 is 10.2 Å². The van der Waals surface area contributed by atoms with Crippen LogP contribution in [0.1, 0.15) is 37.3 Å². The number of fused-ring (bicyclic) bond motifs is 1. The van der Waals surface area contributed by atoms with Gasteiger partial charge in [-0.05, 0) is 37.0 Å². The summed E-state index contributed by atoms with van der Waals surface area (Å²) in [7, 11) is 0. The fourth-order valence-corrected chi connectivity index (χ4v) is 8.27. The molecule has 0 radical (unpaired) electrons. The summed E-state index contributed by atoms with van der Waals surface area (Å²) in [5.74, 6) is -3.56. The highest BCUT2D eigenvalue weighted by Gasteiger charge is 2.76. The molecule has 5 rings (SSSR count). The molecular formula is C35H39BrClN3O7. The number of rotatable bonds is 15.